The van der Waals surface area contributed by atoms with Crippen LogP contribution < -0.4 is 10.2 Å². The summed E-state index contributed by atoms with van der Waals surface area (Å²) in [5.41, 5.74) is 3.94. The number of hydrogen-bond acceptors (Lipinski definition) is 3. The monoisotopic (exact) mass is 335 g/mol. The van der Waals surface area contributed by atoms with Crippen molar-refractivity contribution < 1.29 is 9.59 Å². The number of nitrogens with one attached hydrogen (secondary N) is 1. The van der Waals surface area contributed by atoms with E-state index in [1.54, 1.807) is 12.1 Å². The van der Waals surface area contributed by atoms with E-state index in [2.05, 4.69) is 10.2 Å². The predicted molar refractivity (Wildman–Crippen MR) is 98.0 cm³/mol. The maximum atomic E-state index is 12.7. The summed E-state index contributed by atoms with van der Waals surface area (Å²) in [6.45, 7) is 2.80. The zero-order valence-corrected chi connectivity index (χ0v) is 14.5. The molecule has 2 aromatic carbocycles. The Morgan fingerprint density at radius 2 is 2.04 bits per heavy atom. The highest BCUT2D eigenvalue weighted by Gasteiger charge is 2.38. The number of fused-ring (bicyclic) bond motifs is 2. The summed E-state index contributed by atoms with van der Waals surface area (Å²) in [5.74, 6) is -0.0932. The van der Waals surface area contributed by atoms with Gasteiger partial charge in [-0.25, -0.2) is 0 Å². The Morgan fingerprint density at radius 1 is 1.20 bits per heavy atom. The zero-order valence-electron chi connectivity index (χ0n) is 14.5. The fraction of sp³-hybridized carbons (Fsp3) is 0.300. The summed E-state index contributed by atoms with van der Waals surface area (Å²) < 4.78 is 0. The molecule has 2 aliphatic heterocycles. The maximum absolute atomic E-state index is 12.7. The van der Waals surface area contributed by atoms with Crippen molar-refractivity contribution >= 4 is 23.2 Å². The largest absolute Gasteiger partial charge is 0.354 e. The first-order valence-electron chi connectivity index (χ1n) is 8.60. The Hall–Kier alpha value is -2.82. The van der Waals surface area contributed by atoms with Gasteiger partial charge in [-0.2, -0.15) is 0 Å². The molecule has 0 aliphatic carbocycles. The summed E-state index contributed by atoms with van der Waals surface area (Å²) in [6, 6.07) is 13.0. The molecule has 5 heteroatoms. The van der Waals surface area contributed by atoms with Crippen LogP contribution in [0.2, 0.25) is 0 Å². The highest BCUT2D eigenvalue weighted by atomic mass is 16.2. The quantitative estimate of drug-likeness (QED) is 0.916. The van der Waals surface area contributed by atoms with Crippen molar-refractivity contribution in [3.05, 3.63) is 59.2 Å². The molecule has 2 aliphatic rings. The number of rotatable bonds is 2. The lowest BCUT2D eigenvalue weighted by Crippen LogP contribution is -2.50. The molecule has 0 spiro atoms. The van der Waals surface area contributed by atoms with Gasteiger partial charge in [0.15, 0.2) is 0 Å². The predicted octanol–water partition coefficient (Wildman–Crippen LogP) is 3.26. The molecular weight excluding hydrogens is 314 g/mol. The van der Waals surface area contributed by atoms with Gasteiger partial charge in [0, 0.05) is 24.8 Å². The third-order valence-electron chi connectivity index (χ3n) is 5.08. The van der Waals surface area contributed by atoms with Crippen LogP contribution in [0.3, 0.4) is 0 Å². The average molecular weight is 335 g/mol. The number of nitrogens with zero attached hydrogens (tertiary/aromatic N) is 2. The summed E-state index contributed by atoms with van der Waals surface area (Å²) >= 11 is 0. The van der Waals surface area contributed by atoms with E-state index >= 15 is 0 Å². The van der Waals surface area contributed by atoms with Crippen LogP contribution in [-0.4, -0.2) is 36.5 Å². The second kappa shape index (κ2) is 5.92. The summed E-state index contributed by atoms with van der Waals surface area (Å²) in [6.07, 6.45) is 2.10. The van der Waals surface area contributed by atoms with Crippen molar-refractivity contribution in [1.29, 1.82) is 0 Å². The maximum Gasteiger partial charge on any atom is 0.257 e. The molecule has 1 N–H and O–H groups in total. The van der Waals surface area contributed by atoms with Gasteiger partial charge < -0.3 is 15.1 Å². The molecule has 0 bridgehead atoms. The van der Waals surface area contributed by atoms with E-state index in [0.717, 1.165) is 36.3 Å². The van der Waals surface area contributed by atoms with Crippen LogP contribution in [0.25, 0.3) is 0 Å². The van der Waals surface area contributed by atoms with E-state index in [1.165, 1.54) is 0 Å². The van der Waals surface area contributed by atoms with Crippen LogP contribution in [-0.2, 0) is 0 Å². The van der Waals surface area contributed by atoms with Crippen LogP contribution >= 0.6 is 0 Å². The van der Waals surface area contributed by atoms with Crippen molar-refractivity contribution in [2.75, 3.05) is 23.8 Å². The average Bonchev–Trinajstić information content (AvgIpc) is 3.09. The molecule has 1 saturated heterocycles. The third-order valence-corrected chi connectivity index (χ3v) is 5.08. The number of amides is 2. The lowest BCUT2D eigenvalue weighted by Gasteiger charge is -2.40. The van der Waals surface area contributed by atoms with Crippen LogP contribution in [0.1, 0.15) is 39.1 Å². The summed E-state index contributed by atoms with van der Waals surface area (Å²) in [5, 5.41) is 2.93. The van der Waals surface area contributed by atoms with E-state index in [1.807, 2.05) is 49.2 Å². The Labute approximate surface area is 147 Å². The molecule has 1 unspecified atom stereocenters. The molecule has 2 amide bonds. The Morgan fingerprint density at radius 3 is 2.84 bits per heavy atom. The van der Waals surface area contributed by atoms with E-state index in [9.17, 15) is 9.59 Å². The van der Waals surface area contributed by atoms with Crippen molar-refractivity contribution in [3.63, 3.8) is 0 Å². The smallest absolute Gasteiger partial charge is 0.257 e. The first-order valence-corrected chi connectivity index (χ1v) is 8.60. The van der Waals surface area contributed by atoms with Gasteiger partial charge in [-0.1, -0.05) is 12.1 Å². The minimum Gasteiger partial charge on any atom is -0.354 e. The Balaban J connectivity index is 1.64. The van der Waals surface area contributed by atoms with Gasteiger partial charge in [0.1, 0.15) is 6.17 Å². The van der Waals surface area contributed by atoms with Gasteiger partial charge in [0.05, 0.1) is 11.3 Å². The fourth-order valence-corrected chi connectivity index (χ4v) is 3.78. The minimum absolute atomic E-state index is 0.0706. The molecule has 1 atom stereocenters. The molecule has 0 aromatic heterocycles. The number of anilines is 2. The van der Waals surface area contributed by atoms with E-state index < -0.39 is 0 Å². The highest BCUT2D eigenvalue weighted by Crippen LogP contribution is 2.35. The first kappa shape index (κ1) is 15.7. The standard InChI is InChI=1S/C20H21N3O2/c1-13-5-3-6-15(11-13)21-19(24)14-8-9-16-17(12-14)22(2)18-7-4-10-23(18)20(16)25/h3,5-6,8-9,11-12,18H,4,7,10H2,1-2H3,(H,21,24). The van der Waals surface area contributed by atoms with E-state index in [4.69, 9.17) is 0 Å². The Bertz CT molecular complexity index is 862. The third kappa shape index (κ3) is 2.65. The van der Waals surface area contributed by atoms with Crippen molar-refractivity contribution in [1.82, 2.24) is 4.90 Å². The summed E-state index contributed by atoms with van der Waals surface area (Å²) in [4.78, 5) is 29.3. The molecule has 0 saturated carbocycles. The minimum atomic E-state index is -0.164. The molecular formula is C20H21N3O2. The zero-order chi connectivity index (χ0) is 17.6. The van der Waals surface area contributed by atoms with Gasteiger partial charge in [-0.05, 0) is 55.7 Å². The molecule has 5 nitrogen and oxygen atoms in total. The SMILES string of the molecule is Cc1cccc(NC(=O)c2ccc3c(c2)N(C)C2CCCN2C3=O)c1. The van der Waals surface area contributed by atoms with Crippen LogP contribution in [0, 0.1) is 6.92 Å². The van der Waals surface area contributed by atoms with Gasteiger partial charge in [-0.15, -0.1) is 0 Å². The number of carbonyl (C=O) groups is 2. The van der Waals surface area contributed by atoms with Crippen molar-refractivity contribution in [2.24, 2.45) is 0 Å². The van der Waals surface area contributed by atoms with Gasteiger partial charge in [-0.3, -0.25) is 9.59 Å². The number of aryl methyl sites for hydroxylation is 1. The van der Waals surface area contributed by atoms with Crippen molar-refractivity contribution in [2.45, 2.75) is 25.9 Å². The lowest BCUT2D eigenvalue weighted by atomic mass is 10.0. The normalized spacial score (nSPS) is 18.8. The topological polar surface area (TPSA) is 52.7 Å². The van der Waals surface area contributed by atoms with Gasteiger partial charge >= 0.3 is 0 Å². The van der Waals surface area contributed by atoms with Crippen molar-refractivity contribution in [3.8, 4) is 0 Å². The number of hydrogen-bond donors (Lipinski definition) is 1. The summed E-state index contributed by atoms with van der Waals surface area (Å²) in [7, 11) is 2.00. The molecule has 2 heterocycles. The second-order valence-electron chi connectivity index (χ2n) is 6.79. The van der Waals surface area contributed by atoms with Crippen LogP contribution in [0.15, 0.2) is 42.5 Å². The van der Waals surface area contributed by atoms with Gasteiger partial charge in [0.2, 0.25) is 0 Å². The molecule has 4 rings (SSSR count). The molecule has 128 valence electrons. The first-order chi connectivity index (χ1) is 12.0. The van der Waals surface area contributed by atoms with Crippen LogP contribution in [0.4, 0.5) is 11.4 Å². The van der Waals surface area contributed by atoms with Crippen LogP contribution in [0.5, 0.6) is 0 Å². The molecule has 0 radical (unpaired) electrons. The van der Waals surface area contributed by atoms with E-state index in [0.29, 0.717) is 11.1 Å². The fourth-order valence-electron chi connectivity index (χ4n) is 3.78. The lowest BCUT2D eigenvalue weighted by molar-refractivity contribution is 0.0719. The molecule has 1 fully saturated rings. The molecule has 25 heavy (non-hydrogen) atoms. The van der Waals surface area contributed by atoms with E-state index in [-0.39, 0.29) is 18.0 Å². The second-order valence-corrected chi connectivity index (χ2v) is 6.79. The molecule has 2 aromatic rings. The number of carbonyl (C=O) groups excluding carboxylic acids is 2. The van der Waals surface area contributed by atoms with Gasteiger partial charge in [0.25, 0.3) is 11.8 Å². The number of benzene rings is 2. The highest BCUT2D eigenvalue weighted by molar-refractivity contribution is 6.08. The Kier molecular flexibility index (Phi) is 3.71.